The summed E-state index contributed by atoms with van der Waals surface area (Å²) in [5, 5.41) is 8.63. The van der Waals surface area contributed by atoms with Crippen molar-refractivity contribution < 1.29 is 14.7 Å². The van der Waals surface area contributed by atoms with Crippen LogP contribution in [0.5, 0.6) is 5.75 Å². The largest absolute Gasteiger partial charge is 0.508 e. The number of hydrogen-bond donors (Lipinski definition) is 1. The average molecular weight is 180 g/mol. The molecule has 0 fully saturated rings. The number of benzene rings is 1. The van der Waals surface area contributed by atoms with Crippen LogP contribution in [0.3, 0.4) is 0 Å². The van der Waals surface area contributed by atoms with Gasteiger partial charge in [-0.1, -0.05) is 18.2 Å². The zero-order valence-electron chi connectivity index (χ0n) is 7.65. The molecule has 0 aromatic heterocycles. The van der Waals surface area contributed by atoms with Crippen LogP contribution >= 0.6 is 0 Å². The van der Waals surface area contributed by atoms with Gasteiger partial charge in [0.15, 0.2) is 11.6 Å². The van der Waals surface area contributed by atoms with Crippen LogP contribution in [-0.2, 0) is 9.59 Å². The predicted octanol–water partition coefficient (Wildman–Crippen LogP) is 1.56. The maximum atomic E-state index is 9.79. The Hall–Kier alpha value is -1.64. The number of rotatable bonds is 1. The van der Waals surface area contributed by atoms with E-state index in [-0.39, 0.29) is 11.6 Å². The van der Waals surface area contributed by atoms with E-state index in [9.17, 15) is 9.59 Å². The number of phenols is 1. The molecule has 0 aliphatic carbocycles. The summed E-state index contributed by atoms with van der Waals surface area (Å²) < 4.78 is 0. The zero-order valence-corrected chi connectivity index (χ0v) is 7.65. The summed E-state index contributed by atoms with van der Waals surface area (Å²) in [5.74, 6) is -0.437. The fourth-order valence-corrected chi connectivity index (χ4v) is 0.428. The minimum absolute atomic E-state index is 0.322. The van der Waals surface area contributed by atoms with E-state index in [4.69, 9.17) is 5.11 Å². The van der Waals surface area contributed by atoms with Crippen LogP contribution in [0.2, 0.25) is 0 Å². The summed E-state index contributed by atoms with van der Waals surface area (Å²) in [6, 6.07) is 8.71. The predicted molar refractivity (Wildman–Crippen MR) is 49.5 cm³/mol. The Morgan fingerprint density at radius 3 is 1.54 bits per heavy atom. The van der Waals surface area contributed by atoms with E-state index in [2.05, 4.69) is 0 Å². The lowest BCUT2D eigenvalue weighted by atomic mass is 10.3. The van der Waals surface area contributed by atoms with Gasteiger partial charge in [-0.2, -0.15) is 0 Å². The van der Waals surface area contributed by atoms with Crippen molar-refractivity contribution in [3.05, 3.63) is 30.3 Å². The van der Waals surface area contributed by atoms with Gasteiger partial charge in [-0.15, -0.1) is 0 Å². The van der Waals surface area contributed by atoms with Gasteiger partial charge in [0.2, 0.25) is 0 Å². The highest BCUT2D eigenvalue weighted by atomic mass is 16.3. The van der Waals surface area contributed by atoms with Crippen LogP contribution in [0.4, 0.5) is 0 Å². The number of hydrogen-bond acceptors (Lipinski definition) is 3. The van der Waals surface area contributed by atoms with E-state index in [1.165, 1.54) is 13.8 Å². The summed E-state index contributed by atoms with van der Waals surface area (Å²) in [4.78, 5) is 19.6. The lowest BCUT2D eigenvalue weighted by Crippen LogP contribution is -2.01. The highest BCUT2D eigenvalue weighted by Gasteiger charge is 1.94. The SMILES string of the molecule is CC(=O)C(C)=O.Oc1ccccc1. The molecule has 0 bridgehead atoms. The van der Waals surface area contributed by atoms with Gasteiger partial charge < -0.3 is 5.11 Å². The Morgan fingerprint density at radius 1 is 1.00 bits per heavy atom. The standard InChI is InChI=1S/C6H6O.C4H6O2/c7-6-4-2-1-3-5-6;1-3(5)4(2)6/h1-5,7H;1-2H3. The van der Waals surface area contributed by atoms with Crippen molar-refractivity contribution >= 4 is 11.6 Å². The van der Waals surface area contributed by atoms with Gasteiger partial charge in [-0.3, -0.25) is 9.59 Å². The molecule has 0 amide bonds. The first-order chi connectivity index (χ1) is 6.04. The van der Waals surface area contributed by atoms with Crippen molar-refractivity contribution in [2.24, 2.45) is 0 Å². The van der Waals surface area contributed by atoms with E-state index >= 15 is 0 Å². The molecular formula is C10H12O3. The molecule has 70 valence electrons. The molecule has 1 aromatic carbocycles. The van der Waals surface area contributed by atoms with Gasteiger partial charge in [0.05, 0.1) is 0 Å². The van der Waals surface area contributed by atoms with Crippen molar-refractivity contribution in [3.8, 4) is 5.75 Å². The van der Waals surface area contributed by atoms with Gasteiger partial charge in [0, 0.05) is 13.8 Å². The third kappa shape index (κ3) is 6.75. The minimum Gasteiger partial charge on any atom is -0.508 e. The lowest BCUT2D eigenvalue weighted by molar-refractivity contribution is -0.134. The molecule has 1 aromatic rings. The Balaban J connectivity index is 0.000000226. The van der Waals surface area contributed by atoms with Gasteiger partial charge >= 0.3 is 0 Å². The van der Waals surface area contributed by atoms with Crippen molar-refractivity contribution in [1.29, 1.82) is 0 Å². The molecular weight excluding hydrogens is 168 g/mol. The highest BCUT2D eigenvalue weighted by Crippen LogP contribution is 2.02. The maximum Gasteiger partial charge on any atom is 0.195 e. The minimum atomic E-state index is -0.380. The molecule has 0 atom stereocenters. The summed E-state index contributed by atoms with van der Waals surface area (Å²) >= 11 is 0. The topological polar surface area (TPSA) is 54.4 Å². The van der Waals surface area contributed by atoms with Crippen molar-refractivity contribution in [2.45, 2.75) is 13.8 Å². The quantitative estimate of drug-likeness (QED) is 0.667. The molecule has 3 nitrogen and oxygen atoms in total. The zero-order chi connectivity index (χ0) is 10.3. The Kier molecular flexibility index (Phi) is 5.19. The van der Waals surface area contributed by atoms with Crippen LogP contribution in [0, 0.1) is 0 Å². The highest BCUT2D eigenvalue weighted by molar-refractivity contribution is 6.35. The number of carbonyl (C=O) groups is 2. The van der Waals surface area contributed by atoms with E-state index in [1.54, 1.807) is 24.3 Å². The molecule has 0 aliphatic heterocycles. The molecule has 3 heteroatoms. The monoisotopic (exact) mass is 180 g/mol. The van der Waals surface area contributed by atoms with E-state index in [0.29, 0.717) is 5.75 Å². The molecule has 1 rings (SSSR count). The molecule has 0 saturated carbocycles. The summed E-state index contributed by atoms with van der Waals surface area (Å²) in [7, 11) is 0. The fourth-order valence-electron chi connectivity index (χ4n) is 0.428. The molecule has 0 heterocycles. The second-order valence-electron chi connectivity index (χ2n) is 2.45. The van der Waals surface area contributed by atoms with Crippen LogP contribution in [0.1, 0.15) is 13.8 Å². The summed E-state index contributed by atoms with van der Waals surface area (Å²) in [6.45, 7) is 2.50. The molecule has 1 N–H and O–H groups in total. The van der Waals surface area contributed by atoms with Crippen LogP contribution in [-0.4, -0.2) is 16.7 Å². The van der Waals surface area contributed by atoms with Crippen LogP contribution in [0.25, 0.3) is 0 Å². The van der Waals surface area contributed by atoms with E-state index < -0.39 is 0 Å². The third-order valence-electron chi connectivity index (χ3n) is 1.25. The van der Waals surface area contributed by atoms with Crippen molar-refractivity contribution in [2.75, 3.05) is 0 Å². The van der Waals surface area contributed by atoms with Crippen molar-refractivity contribution in [3.63, 3.8) is 0 Å². The Morgan fingerprint density at radius 2 is 1.38 bits per heavy atom. The number of ketones is 2. The van der Waals surface area contributed by atoms with Crippen LogP contribution in [0.15, 0.2) is 30.3 Å². The first kappa shape index (κ1) is 11.4. The number of carbonyl (C=O) groups excluding carboxylic acids is 2. The molecule has 0 unspecified atom stereocenters. The first-order valence-corrected chi connectivity index (χ1v) is 3.79. The summed E-state index contributed by atoms with van der Waals surface area (Å²) in [5.41, 5.74) is 0. The maximum absolute atomic E-state index is 9.79. The molecule has 0 saturated heterocycles. The Bertz CT molecular complexity index is 265. The van der Waals surface area contributed by atoms with Crippen molar-refractivity contribution in [1.82, 2.24) is 0 Å². The molecule has 0 aliphatic rings. The second-order valence-corrected chi connectivity index (χ2v) is 2.45. The van der Waals surface area contributed by atoms with Gasteiger partial charge in [-0.25, -0.2) is 0 Å². The summed E-state index contributed by atoms with van der Waals surface area (Å²) in [6.07, 6.45) is 0. The second kappa shape index (κ2) is 5.94. The number of Topliss-reactive ketones (excluding diaryl/α,β-unsaturated/α-hetero) is 2. The normalized spacial score (nSPS) is 8.15. The van der Waals surface area contributed by atoms with E-state index in [1.807, 2.05) is 6.07 Å². The average Bonchev–Trinajstić information content (AvgIpc) is 2.06. The molecule has 13 heavy (non-hydrogen) atoms. The smallest absolute Gasteiger partial charge is 0.195 e. The molecule has 0 radical (unpaired) electrons. The number of aromatic hydroxyl groups is 1. The third-order valence-corrected chi connectivity index (χ3v) is 1.25. The van der Waals surface area contributed by atoms with E-state index in [0.717, 1.165) is 0 Å². The number of phenolic OH excluding ortho intramolecular Hbond substituents is 1. The Labute approximate surface area is 77.0 Å². The van der Waals surface area contributed by atoms with Crippen LogP contribution < -0.4 is 0 Å². The van der Waals surface area contributed by atoms with Gasteiger partial charge in [-0.05, 0) is 12.1 Å². The number of para-hydroxylation sites is 1. The van der Waals surface area contributed by atoms with Gasteiger partial charge in [0.25, 0.3) is 0 Å². The lowest BCUT2D eigenvalue weighted by Gasteiger charge is -1.82. The fraction of sp³-hybridized carbons (Fsp3) is 0.200. The first-order valence-electron chi connectivity index (χ1n) is 3.79. The molecule has 0 spiro atoms. The van der Waals surface area contributed by atoms with Gasteiger partial charge in [0.1, 0.15) is 5.75 Å².